The molecule has 1 aliphatic carbocycles. The number of aliphatic imine (C=N–C) groups is 2. The maximum absolute atomic E-state index is 13.5. The van der Waals surface area contributed by atoms with Crippen LogP contribution in [-0.2, 0) is 48.6 Å². The van der Waals surface area contributed by atoms with Crippen molar-refractivity contribution in [3.63, 3.8) is 0 Å². The van der Waals surface area contributed by atoms with Crippen molar-refractivity contribution in [1.82, 2.24) is 0 Å². The third-order valence-electron chi connectivity index (χ3n) is 9.40. The van der Waals surface area contributed by atoms with Crippen LogP contribution in [0.1, 0.15) is 148 Å². The van der Waals surface area contributed by atoms with E-state index in [0.29, 0.717) is 11.1 Å². The summed E-state index contributed by atoms with van der Waals surface area (Å²) in [6.07, 6.45) is 7.63. The summed E-state index contributed by atoms with van der Waals surface area (Å²) in [6, 6.07) is 13.9. The van der Waals surface area contributed by atoms with Crippen molar-refractivity contribution >= 4 is 22.5 Å². The number of aryl methyl sites for hydroxylation is 1. The van der Waals surface area contributed by atoms with Crippen molar-refractivity contribution in [3.05, 3.63) is 87.5 Å². The van der Waals surface area contributed by atoms with Crippen molar-refractivity contribution in [2.24, 2.45) is 9.98 Å². The number of nitrogens with zero attached hydrogens (tertiary/aromatic N) is 2. The average molecular weight is 793 g/mol. The van der Waals surface area contributed by atoms with E-state index in [2.05, 4.69) is 95.2 Å². The molecule has 3 aromatic carbocycles. The van der Waals surface area contributed by atoms with Gasteiger partial charge in [-0.2, -0.15) is 0 Å². The Morgan fingerprint density at radius 2 is 0.962 bits per heavy atom. The standard InChI is InChI=1S/C36H54N2O2.C7H8O3S.Co.H2O/c1-33(2,3)25-17-23(31(39)27(19-25)35(7,8)9)21-37-29-15-13-14-16-30(29)38-22-24-18-26(34(4,5)6)20-28(32(24)40)36(10,11)12;1-6-2-4-7(5-3-6)11(8,9)10;;/h17-22,29-30,39-40H,13-16H2,1-12H3;2-5H,1H3,(H,8,9,10);;1H2/q;;+3;/p-3/t29-,30-;;;/m0.../s1. The van der Waals surface area contributed by atoms with E-state index in [1.807, 2.05) is 19.1 Å². The predicted octanol–water partition coefficient (Wildman–Crippen LogP) is 7.94. The maximum Gasteiger partial charge on any atom is 3.00 e. The van der Waals surface area contributed by atoms with Crippen LogP contribution >= 0.6 is 0 Å². The molecule has 0 saturated heterocycles. The first kappa shape index (κ1) is 48.0. The summed E-state index contributed by atoms with van der Waals surface area (Å²) in [5, 5.41) is 26.9. The smallest absolute Gasteiger partial charge is 0.872 e. The Morgan fingerprint density at radius 1 is 0.623 bits per heavy atom. The normalized spacial score (nSPS) is 17.2. The fourth-order valence-electron chi connectivity index (χ4n) is 5.97. The Morgan fingerprint density at radius 3 is 1.25 bits per heavy atom. The number of hydrogen-bond donors (Lipinski definition) is 0. The molecule has 3 aromatic rings. The molecule has 0 spiro atoms. The third-order valence-corrected chi connectivity index (χ3v) is 10.2. The molecule has 0 heterocycles. The molecule has 53 heavy (non-hydrogen) atoms. The fraction of sp³-hybridized carbons (Fsp3) is 0.535. The minimum absolute atomic E-state index is 0. The first-order valence-electron chi connectivity index (χ1n) is 18.0. The zero-order chi connectivity index (χ0) is 38.7. The molecule has 0 aromatic heterocycles. The van der Waals surface area contributed by atoms with E-state index in [9.17, 15) is 23.2 Å². The van der Waals surface area contributed by atoms with Crippen molar-refractivity contribution in [1.29, 1.82) is 0 Å². The van der Waals surface area contributed by atoms with Gasteiger partial charge in [-0.1, -0.05) is 149 Å². The number of rotatable bonds is 5. The van der Waals surface area contributed by atoms with Gasteiger partial charge >= 0.3 is 16.8 Å². The molecular weight excluding hydrogens is 731 g/mol. The van der Waals surface area contributed by atoms with E-state index in [0.717, 1.165) is 53.5 Å². The van der Waals surface area contributed by atoms with E-state index < -0.39 is 10.1 Å². The summed E-state index contributed by atoms with van der Waals surface area (Å²) >= 11 is 0. The molecule has 0 aliphatic heterocycles. The van der Waals surface area contributed by atoms with Gasteiger partial charge in [0.25, 0.3) is 0 Å². The van der Waals surface area contributed by atoms with Crippen molar-refractivity contribution in [3.8, 4) is 11.5 Å². The second-order valence-corrected chi connectivity index (χ2v) is 19.5. The van der Waals surface area contributed by atoms with Gasteiger partial charge in [-0.3, -0.25) is 9.98 Å². The summed E-state index contributed by atoms with van der Waals surface area (Å²) in [7, 11) is -4.27. The minimum Gasteiger partial charge on any atom is -0.872 e. The van der Waals surface area contributed by atoms with E-state index in [1.165, 1.54) is 12.1 Å². The van der Waals surface area contributed by atoms with E-state index in [1.54, 1.807) is 24.6 Å². The Hall–Kier alpha value is -3.02. The Kier molecular flexibility index (Phi) is 16.4. The summed E-state index contributed by atoms with van der Waals surface area (Å²) in [4.78, 5) is 9.77. The second-order valence-electron chi connectivity index (χ2n) is 18.1. The topological polar surface area (TPSA) is 160 Å². The van der Waals surface area contributed by atoms with Gasteiger partial charge in [-0.05, 0) is 86.9 Å². The minimum atomic E-state index is -4.27. The maximum atomic E-state index is 13.5. The molecule has 0 bridgehead atoms. The van der Waals surface area contributed by atoms with Gasteiger partial charge < -0.3 is 20.2 Å². The van der Waals surface area contributed by atoms with Crippen LogP contribution in [0.3, 0.4) is 0 Å². The van der Waals surface area contributed by atoms with Crippen molar-refractivity contribution in [2.75, 3.05) is 0 Å². The van der Waals surface area contributed by atoms with E-state index in [-0.39, 0.29) is 72.4 Å². The number of hydrogen-bond acceptors (Lipinski definition) is 7. The van der Waals surface area contributed by atoms with Gasteiger partial charge in [0, 0.05) is 12.4 Å². The molecule has 2 N–H and O–H groups in total. The molecule has 294 valence electrons. The zero-order valence-electron chi connectivity index (χ0n) is 33.9. The quantitative estimate of drug-likeness (QED) is 0.189. The van der Waals surface area contributed by atoms with E-state index >= 15 is 0 Å². The van der Waals surface area contributed by atoms with Crippen LogP contribution in [-0.4, -0.2) is 43.0 Å². The van der Waals surface area contributed by atoms with Crippen molar-refractivity contribution < 1.29 is 45.4 Å². The van der Waals surface area contributed by atoms with Crippen LogP contribution in [0.25, 0.3) is 0 Å². The molecular formula is C43H61CoN2O6S. The monoisotopic (exact) mass is 792 g/mol. The van der Waals surface area contributed by atoms with Crippen LogP contribution in [0, 0.1) is 6.92 Å². The molecule has 8 nitrogen and oxygen atoms in total. The molecule has 1 saturated carbocycles. The summed E-state index contributed by atoms with van der Waals surface area (Å²) in [5.74, 6) is 0.120. The molecule has 0 radical (unpaired) electrons. The van der Waals surface area contributed by atoms with Gasteiger partial charge in [0.2, 0.25) is 0 Å². The van der Waals surface area contributed by atoms with Gasteiger partial charge in [-0.25, -0.2) is 8.42 Å². The zero-order valence-corrected chi connectivity index (χ0v) is 35.8. The van der Waals surface area contributed by atoms with Gasteiger partial charge in [0.15, 0.2) is 0 Å². The van der Waals surface area contributed by atoms with Crippen LogP contribution in [0.4, 0.5) is 0 Å². The summed E-state index contributed by atoms with van der Waals surface area (Å²) in [6.45, 7) is 27.4. The first-order valence-corrected chi connectivity index (χ1v) is 19.4. The van der Waals surface area contributed by atoms with Gasteiger partial charge in [0.05, 0.1) is 17.0 Å². The van der Waals surface area contributed by atoms with Crippen molar-refractivity contribution in [2.45, 2.75) is 154 Å². The van der Waals surface area contributed by atoms with Crippen LogP contribution < -0.4 is 10.2 Å². The second kappa shape index (κ2) is 18.1. The SMILES string of the molecule is CC(C)(C)c1cc(C=N[C@H]2CCCC[C@@H]2N=Cc2cc(C(C)(C)C)cc(C(C)(C)C)c2[O-])c([O-])c(C(C)(C)C)c1.Cc1ccc(S(=O)(=O)[O-])cc1.O.[Co+3]. The Bertz CT molecular complexity index is 1740. The van der Waals surface area contributed by atoms with Crippen LogP contribution in [0.2, 0.25) is 0 Å². The first-order chi connectivity index (χ1) is 23.2. The molecule has 1 fully saturated rings. The Balaban J connectivity index is 0.000000926. The molecule has 10 heteroatoms. The summed E-state index contributed by atoms with van der Waals surface area (Å²) in [5.41, 5.74) is 5.55. The third kappa shape index (κ3) is 13.4. The van der Waals surface area contributed by atoms with Gasteiger partial charge in [-0.15, -0.1) is 0 Å². The fourth-order valence-corrected chi connectivity index (χ4v) is 6.44. The molecule has 0 unspecified atom stereocenters. The summed E-state index contributed by atoms with van der Waals surface area (Å²) < 4.78 is 31.2. The van der Waals surface area contributed by atoms with Crippen LogP contribution in [0.15, 0.2) is 63.4 Å². The average Bonchev–Trinajstić information content (AvgIpc) is 2.98. The van der Waals surface area contributed by atoms with Crippen LogP contribution in [0.5, 0.6) is 11.5 Å². The molecule has 1 aliphatic rings. The number of benzene rings is 3. The molecule has 2 atom stereocenters. The predicted molar refractivity (Wildman–Crippen MR) is 211 cm³/mol. The Labute approximate surface area is 329 Å². The van der Waals surface area contributed by atoms with Gasteiger partial charge in [0.1, 0.15) is 10.1 Å². The molecule has 0 amide bonds. The molecule has 4 rings (SSSR count). The largest absolute Gasteiger partial charge is 3.00 e. The van der Waals surface area contributed by atoms with E-state index in [4.69, 9.17) is 9.98 Å².